The summed E-state index contributed by atoms with van der Waals surface area (Å²) in [5.41, 5.74) is 5.36. The van der Waals surface area contributed by atoms with Crippen LogP contribution in [-0.2, 0) is 32.7 Å². The number of carboxylic acids is 1. The second kappa shape index (κ2) is 41.4. The molecule has 0 fully saturated rings. The van der Waals surface area contributed by atoms with Gasteiger partial charge in [-0.25, -0.2) is 4.57 Å². The van der Waals surface area contributed by atoms with Gasteiger partial charge in [-0.15, -0.1) is 0 Å². The third kappa shape index (κ3) is 40.4. The van der Waals surface area contributed by atoms with Crippen LogP contribution in [0.15, 0.2) is 36.5 Å². The number of phosphoric acid groups is 1. The molecule has 11 heteroatoms. The Morgan fingerprint density at radius 1 is 0.571 bits per heavy atom. The van der Waals surface area contributed by atoms with Crippen molar-refractivity contribution in [3.05, 3.63) is 36.5 Å². The molecule has 0 aliphatic heterocycles. The van der Waals surface area contributed by atoms with Crippen LogP contribution in [0.4, 0.5) is 0 Å². The predicted molar refractivity (Wildman–Crippen MR) is 231 cm³/mol. The third-order valence-electron chi connectivity index (χ3n) is 9.64. The molecule has 3 unspecified atom stereocenters. The van der Waals surface area contributed by atoms with Gasteiger partial charge in [-0.3, -0.25) is 18.6 Å². The molecule has 0 spiro atoms. The molecule has 0 rings (SSSR count). The normalized spacial score (nSPS) is 14.2. The number of aliphatic carboxylic acids is 1. The van der Waals surface area contributed by atoms with Crippen LogP contribution >= 0.6 is 7.82 Å². The van der Waals surface area contributed by atoms with Crippen molar-refractivity contribution in [1.29, 1.82) is 0 Å². The van der Waals surface area contributed by atoms with Gasteiger partial charge in [-0.2, -0.15) is 0 Å². The van der Waals surface area contributed by atoms with E-state index >= 15 is 0 Å². The Bertz CT molecular complexity index is 1040. The topological polar surface area (TPSA) is 155 Å². The Balaban J connectivity index is 4.23. The van der Waals surface area contributed by atoms with Crippen molar-refractivity contribution < 1.29 is 42.7 Å². The minimum absolute atomic E-state index is 0.00996. The average Bonchev–Trinajstić information content (AvgIpc) is 3.18. The number of phosphoric ester groups is 1. The molecule has 328 valence electrons. The highest BCUT2D eigenvalue weighted by molar-refractivity contribution is 7.47. The maximum atomic E-state index is 12.6. The molecule has 0 aliphatic rings. The molecule has 56 heavy (non-hydrogen) atoms. The van der Waals surface area contributed by atoms with Crippen LogP contribution < -0.4 is 5.73 Å². The zero-order valence-corrected chi connectivity index (χ0v) is 36.6. The van der Waals surface area contributed by atoms with Gasteiger partial charge in [0.2, 0.25) is 0 Å². The number of allylic oxidation sites excluding steroid dienone is 6. The maximum Gasteiger partial charge on any atom is 0.472 e. The first-order valence-electron chi connectivity index (χ1n) is 22.5. The van der Waals surface area contributed by atoms with E-state index in [9.17, 15) is 19.0 Å². The van der Waals surface area contributed by atoms with E-state index in [1.54, 1.807) is 0 Å². The lowest BCUT2D eigenvalue weighted by atomic mass is 10.1. The van der Waals surface area contributed by atoms with Gasteiger partial charge in [-0.05, 0) is 70.6 Å². The fourth-order valence-corrected chi connectivity index (χ4v) is 6.88. The number of hydrogen-bond acceptors (Lipinski definition) is 8. The van der Waals surface area contributed by atoms with E-state index in [1.165, 1.54) is 116 Å². The van der Waals surface area contributed by atoms with Crippen molar-refractivity contribution in [2.24, 2.45) is 5.73 Å². The first-order chi connectivity index (χ1) is 27.2. The van der Waals surface area contributed by atoms with E-state index in [0.717, 1.165) is 57.8 Å². The summed E-state index contributed by atoms with van der Waals surface area (Å²) in [6.45, 7) is 3.84. The lowest BCUT2D eigenvalue weighted by Crippen LogP contribution is -2.34. The number of unbranched alkanes of at least 4 members (excludes halogenated alkanes) is 23. The molecule has 0 aromatic heterocycles. The highest BCUT2D eigenvalue weighted by Crippen LogP contribution is 2.43. The molecule has 0 aliphatic carbocycles. The summed E-state index contributed by atoms with van der Waals surface area (Å²) in [7, 11) is -4.62. The first-order valence-corrected chi connectivity index (χ1v) is 24.0. The van der Waals surface area contributed by atoms with E-state index in [1.807, 2.05) is 0 Å². The van der Waals surface area contributed by atoms with Gasteiger partial charge in [0, 0.05) is 13.0 Å². The lowest BCUT2D eigenvalue weighted by Gasteiger charge is -2.20. The van der Waals surface area contributed by atoms with Crippen molar-refractivity contribution in [1.82, 2.24) is 0 Å². The number of rotatable bonds is 43. The number of ether oxygens (including phenoxy) is 2. The standard InChI is InChI=1S/C45H84NO9P/c1-3-5-7-9-11-13-15-17-19-20-21-22-24-26-28-30-32-34-36-38-52-39-42(40-53-56(50,51)54-41-43(46)45(48)49)55-44(47)37-35-33-31-29-27-25-23-18-16-14-12-10-8-6-4-2/h12,14,18-20,23,42-43H,3-11,13,15-17,21-22,24-41,46H2,1-2H3,(H,48,49)(H,50,51)/b14-12-,20-19-,23-18-. The van der Waals surface area contributed by atoms with Crippen molar-refractivity contribution in [3.8, 4) is 0 Å². The summed E-state index contributed by atoms with van der Waals surface area (Å²) in [5, 5.41) is 8.90. The summed E-state index contributed by atoms with van der Waals surface area (Å²) in [4.78, 5) is 33.5. The molecule has 0 saturated heterocycles. The smallest absolute Gasteiger partial charge is 0.472 e. The number of nitrogens with two attached hydrogens (primary N) is 1. The summed E-state index contributed by atoms with van der Waals surface area (Å²) in [6.07, 6.45) is 46.2. The molecular formula is C45H84NO9P. The maximum absolute atomic E-state index is 12.6. The minimum atomic E-state index is -4.62. The minimum Gasteiger partial charge on any atom is -0.480 e. The molecule has 0 amide bonds. The van der Waals surface area contributed by atoms with Gasteiger partial charge in [0.15, 0.2) is 0 Å². The van der Waals surface area contributed by atoms with E-state index in [4.69, 9.17) is 29.4 Å². The SMILES string of the molecule is CCCCC/C=C\C/C=C\CCCCCCCC(=O)OC(COCCCCCCCCCC/C=C\CCCCCCCCC)COP(=O)(O)OCC(N)C(=O)O. The van der Waals surface area contributed by atoms with Crippen LogP contribution in [0.5, 0.6) is 0 Å². The molecule has 0 aromatic rings. The van der Waals surface area contributed by atoms with Crippen LogP contribution in [0.1, 0.15) is 200 Å². The predicted octanol–water partition coefficient (Wildman–Crippen LogP) is 12.5. The van der Waals surface area contributed by atoms with Crippen molar-refractivity contribution in [2.45, 2.75) is 212 Å². The van der Waals surface area contributed by atoms with E-state index in [2.05, 4.69) is 50.3 Å². The van der Waals surface area contributed by atoms with Crippen molar-refractivity contribution in [2.75, 3.05) is 26.4 Å². The first kappa shape index (κ1) is 54.2. The van der Waals surface area contributed by atoms with Crippen LogP contribution in [0.25, 0.3) is 0 Å². The Morgan fingerprint density at radius 3 is 1.50 bits per heavy atom. The molecule has 0 radical (unpaired) electrons. The summed E-state index contributed by atoms with van der Waals surface area (Å²) >= 11 is 0. The highest BCUT2D eigenvalue weighted by atomic mass is 31.2. The van der Waals surface area contributed by atoms with Gasteiger partial charge in [0.05, 0.1) is 19.8 Å². The van der Waals surface area contributed by atoms with Crippen LogP contribution in [-0.4, -0.2) is 60.5 Å². The molecule has 3 atom stereocenters. The van der Waals surface area contributed by atoms with Gasteiger partial charge < -0.3 is 25.2 Å². The number of carbonyl (C=O) groups is 2. The summed E-state index contributed by atoms with van der Waals surface area (Å²) < 4.78 is 33.4. The Labute approximate surface area is 342 Å². The van der Waals surface area contributed by atoms with Crippen LogP contribution in [0, 0.1) is 0 Å². The van der Waals surface area contributed by atoms with Crippen molar-refractivity contribution in [3.63, 3.8) is 0 Å². The fraction of sp³-hybridized carbons (Fsp3) is 0.822. The molecule has 10 nitrogen and oxygen atoms in total. The lowest BCUT2D eigenvalue weighted by molar-refractivity contribution is -0.154. The van der Waals surface area contributed by atoms with Gasteiger partial charge in [0.1, 0.15) is 12.1 Å². The van der Waals surface area contributed by atoms with E-state index in [0.29, 0.717) is 13.0 Å². The van der Waals surface area contributed by atoms with Crippen LogP contribution in [0.3, 0.4) is 0 Å². The molecule has 0 aromatic carbocycles. The average molecular weight is 814 g/mol. The number of carboxylic acid groups (broad SMARTS) is 1. The molecular weight excluding hydrogens is 729 g/mol. The third-order valence-corrected chi connectivity index (χ3v) is 10.6. The van der Waals surface area contributed by atoms with Crippen molar-refractivity contribution >= 4 is 19.8 Å². The van der Waals surface area contributed by atoms with Gasteiger partial charge in [-0.1, -0.05) is 159 Å². The Kier molecular flexibility index (Phi) is 40.0. The Hall–Kier alpha value is -1.81. The molecule has 0 heterocycles. The highest BCUT2D eigenvalue weighted by Gasteiger charge is 2.27. The quantitative estimate of drug-likeness (QED) is 0.0234. The molecule has 0 bridgehead atoms. The molecule has 4 N–H and O–H groups in total. The van der Waals surface area contributed by atoms with E-state index < -0.39 is 45.1 Å². The van der Waals surface area contributed by atoms with E-state index in [-0.39, 0.29) is 13.0 Å². The fourth-order valence-electron chi connectivity index (χ4n) is 6.10. The monoisotopic (exact) mass is 814 g/mol. The van der Waals surface area contributed by atoms with Gasteiger partial charge in [0.25, 0.3) is 0 Å². The summed E-state index contributed by atoms with van der Waals surface area (Å²) in [5.74, 6) is -1.79. The zero-order valence-electron chi connectivity index (χ0n) is 35.7. The number of hydrogen-bond donors (Lipinski definition) is 3. The second-order valence-electron chi connectivity index (χ2n) is 15.2. The molecule has 0 saturated carbocycles. The van der Waals surface area contributed by atoms with Crippen LogP contribution in [0.2, 0.25) is 0 Å². The van der Waals surface area contributed by atoms with Gasteiger partial charge >= 0.3 is 19.8 Å². The largest absolute Gasteiger partial charge is 0.480 e. The number of esters is 1. The number of carbonyl (C=O) groups excluding carboxylic acids is 1. The zero-order chi connectivity index (χ0) is 41.2. The second-order valence-corrected chi connectivity index (χ2v) is 16.6. The Morgan fingerprint density at radius 2 is 0.982 bits per heavy atom. The summed E-state index contributed by atoms with van der Waals surface area (Å²) in [6, 6.07) is -1.48.